The van der Waals surface area contributed by atoms with E-state index in [1.165, 1.54) is 62.9 Å². The number of benzene rings is 2. The molecule has 2 aromatic carbocycles. The van der Waals surface area contributed by atoms with E-state index in [4.69, 9.17) is 18.9 Å². The van der Waals surface area contributed by atoms with Crippen molar-refractivity contribution in [3.8, 4) is 22.6 Å². The largest absolute Gasteiger partial charge is 0.514 e. The van der Waals surface area contributed by atoms with Crippen LogP contribution in [-0.2, 0) is 49.4 Å². The number of rotatable bonds is 26. The van der Waals surface area contributed by atoms with Crippen LogP contribution in [0, 0.1) is 17.8 Å². The van der Waals surface area contributed by atoms with E-state index in [2.05, 4.69) is 17.6 Å². The van der Waals surface area contributed by atoms with Crippen molar-refractivity contribution in [1.82, 2.24) is 20.4 Å². The number of amides is 4. The minimum Gasteiger partial charge on any atom is -0.507 e. The van der Waals surface area contributed by atoms with E-state index in [0.717, 1.165) is 38.5 Å². The standard InChI is InChI=1S/C62H94N4O14/c1-15-16-17-18-19-20-21-24-32-66(58(75)79-61(8,9)10)33-30-46(68)38-45(25-22-23-31-63-57(74)78-60(5,6)7)56(73)65(14)54-44-27-28-50(69)47(39-44)48-36-43(26-29-53(48)77-59(76)80-62(11,12)13)37-49(51(70)34-40(2)42(4)67)64-55(72)41(3)35-52(54)71/h26-29,36,39-41,45,49,54,69H,15-25,30-35,37-38H2,1-14H3,(H,63,74)(H,64,72)/t40-,41-,45-,49+,54+/m1/s1. The number of Topliss-reactive ketones (excluding diaryl/α,β-unsaturated/α-hetero) is 4. The lowest BCUT2D eigenvalue weighted by atomic mass is 9.87. The molecule has 0 fully saturated rings. The van der Waals surface area contributed by atoms with Gasteiger partial charge in [0.2, 0.25) is 11.8 Å². The summed E-state index contributed by atoms with van der Waals surface area (Å²) in [4.78, 5) is 127. The van der Waals surface area contributed by atoms with Crippen molar-refractivity contribution < 1.29 is 67.2 Å². The van der Waals surface area contributed by atoms with Gasteiger partial charge in [-0.2, -0.15) is 0 Å². The maximum Gasteiger partial charge on any atom is 0.514 e. The molecule has 0 aliphatic carbocycles. The van der Waals surface area contributed by atoms with Crippen molar-refractivity contribution in [2.45, 2.75) is 222 Å². The second-order valence-electron chi connectivity index (χ2n) is 24.6. The van der Waals surface area contributed by atoms with Gasteiger partial charge in [-0.05, 0) is 130 Å². The van der Waals surface area contributed by atoms with Gasteiger partial charge < -0.3 is 44.5 Å². The fourth-order valence-corrected chi connectivity index (χ4v) is 9.26. The second kappa shape index (κ2) is 31.6. The number of phenols is 1. The summed E-state index contributed by atoms with van der Waals surface area (Å²) in [5.41, 5.74) is -1.49. The van der Waals surface area contributed by atoms with E-state index in [0.29, 0.717) is 24.9 Å². The van der Waals surface area contributed by atoms with Gasteiger partial charge in [-0.15, -0.1) is 0 Å². The molecule has 0 saturated carbocycles. The van der Waals surface area contributed by atoms with Crippen LogP contribution in [0.5, 0.6) is 11.5 Å². The minimum absolute atomic E-state index is 0.0524. The molecule has 80 heavy (non-hydrogen) atoms. The van der Waals surface area contributed by atoms with Crippen molar-refractivity contribution in [1.29, 1.82) is 0 Å². The lowest BCUT2D eigenvalue weighted by molar-refractivity contribution is -0.144. The lowest BCUT2D eigenvalue weighted by Gasteiger charge is -2.32. The summed E-state index contributed by atoms with van der Waals surface area (Å²) in [5, 5.41) is 17.2. The first kappa shape index (κ1) is 67.9. The van der Waals surface area contributed by atoms with Gasteiger partial charge in [-0.3, -0.25) is 28.8 Å². The molecule has 0 saturated heterocycles. The van der Waals surface area contributed by atoms with Crippen molar-refractivity contribution in [2.24, 2.45) is 17.8 Å². The summed E-state index contributed by atoms with van der Waals surface area (Å²) in [6, 6.07) is 6.39. The molecule has 0 unspecified atom stereocenters. The van der Waals surface area contributed by atoms with E-state index in [9.17, 15) is 43.5 Å². The van der Waals surface area contributed by atoms with E-state index in [-0.39, 0.29) is 84.9 Å². The van der Waals surface area contributed by atoms with Crippen LogP contribution in [0.15, 0.2) is 36.4 Å². The minimum atomic E-state index is -1.41. The van der Waals surface area contributed by atoms with Gasteiger partial charge in [0.15, 0.2) is 11.6 Å². The van der Waals surface area contributed by atoms with Crippen molar-refractivity contribution >= 4 is 53.3 Å². The Hall–Kier alpha value is -6.33. The maximum atomic E-state index is 15.2. The first-order valence-corrected chi connectivity index (χ1v) is 28.7. The molecule has 4 bridgehead atoms. The second-order valence-corrected chi connectivity index (χ2v) is 24.6. The lowest BCUT2D eigenvalue weighted by Crippen LogP contribution is -2.46. The number of unbranched alkanes of at least 4 members (excludes halogenated alkanes) is 8. The number of hydrogen-bond donors (Lipinski definition) is 3. The molecule has 5 atom stereocenters. The predicted octanol–water partition coefficient (Wildman–Crippen LogP) is 11.7. The molecule has 4 amide bonds. The van der Waals surface area contributed by atoms with Crippen molar-refractivity contribution in [3.63, 3.8) is 0 Å². The zero-order chi connectivity index (χ0) is 60.1. The number of carbonyl (C=O) groups is 9. The summed E-state index contributed by atoms with van der Waals surface area (Å²) >= 11 is 0. The highest BCUT2D eigenvalue weighted by atomic mass is 16.7. The zero-order valence-electron chi connectivity index (χ0n) is 50.4. The topological polar surface area (TPSA) is 241 Å². The van der Waals surface area contributed by atoms with E-state index in [1.807, 2.05) is 0 Å². The molecule has 1 heterocycles. The number of ketones is 4. The Labute approximate surface area is 475 Å². The van der Waals surface area contributed by atoms with Crippen LogP contribution in [0.2, 0.25) is 0 Å². The summed E-state index contributed by atoms with van der Waals surface area (Å²) in [6.45, 7) is 22.9. The molecule has 18 nitrogen and oxygen atoms in total. The van der Waals surface area contributed by atoms with Crippen molar-refractivity contribution in [3.05, 3.63) is 47.5 Å². The van der Waals surface area contributed by atoms with Crippen LogP contribution >= 0.6 is 0 Å². The Morgan fingerprint density at radius 3 is 1.99 bits per heavy atom. The highest BCUT2D eigenvalue weighted by Gasteiger charge is 2.37. The number of ether oxygens (including phenoxy) is 4. The van der Waals surface area contributed by atoms with Gasteiger partial charge >= 0.3 is 18.3 Å². The highest BCUT2D eigenvalue weighted by Crippen LogP contribution is 2.41. The number of alkyl carbamates (subject to hydrolysis) is 1. The van der Waals surface area contributed by atoms with E-state index < -0.39 is 94.8 Å². The molecule has 18 heteroatoms. The van der Waals surface area contributed by atoms with Crippen LogP contribution in [0.1, 0.15) is 203 Å². The zero-order valence-corrected chi connectivity index (χ0v) is 50.4. The van der Waals surface area contributed by atoms with Gasteiger partial charge in [-0.1, -0.05) is 84.3 Å². The third-order valence-electron chi connectivity index (χ3n) is 13.7. The van der Waals surface area contributed by atoms with Crippen LogP contribution in [-0.4, -0.2) is 118 Å². The molecule has 446 valence electrons. The third-order valence-corrected chi connectivity index (χ3v) is 13.7. The monoisotopic (exact) mass is 1120 g/mol. The van der Waals surface area contributed by atoms with Gasteiger partial charge in [-0.25, -0.2) is 14.4 Å². The molecule has 3 N–H and O–H groups in total. The first-order chi connectivity index (χ1) is 37.3. The number of likely N-dealkylation sites (N-methyl/N-ethyl adjacent to an activating group) is 1. The molecule has 2 aromatic rings. The van der Waals surface area contributed by atoms with Gasteiger partial charge in [0.05, 0.1) is 6.04 Å². The SMILES string of the molecule is CCCCCCCCCCN(CCC(=O)C[C@@H](CCCCNC(=O)OC(C)(C)C)C(=O)N(C)[C@@H]1C(=O)C[C@@H](C)C(=O)N[C@H](C(=O)C[C@@H](C)C(C)=O)Cc2ccc(OC(=O)OC(C)(C)C)c(c2)-c2cc1ccc2O)C(=O)OC(C)(C)C. The molecular formula is C62H94N4O14. The number of nitrogens with one attached hydrogen (secondary N) is 2. The third kappa shape index (κ3) is 24.2. The summed E-state index contributed by atoms with van der Waals surface area (Å²) in [7, 11) is 1.43. The van der Waals surface area contributed by atoms with Crippen LogP contribution in [0.25, 0.3) is 11.1 Å². The Morgan fingerprint density at radius 1 is 0.750 bits per heavy atom. The average Bonchev–Trinajstić information content (AvgIpc) is 3.33. The molecule has 3 rings (SSSR count). The summed E-state index contributed by atoms with van der Waals surface area (Å²) in [6.07, 6.45) is 6.24. The Morgan fingerprint density at radius 2 is 1.38 bits per heavy atom. The maximum absolute atomic E-state index is 15.2. The van der Waals surface area contributed by atoms with Gasteiger partial charge in [0.25, 0.3) is 0 Å². The predicted molar refractivity (Wildman–Crippen MR) is 306 cm³/mol. The summed E-state index contributed by atoms with van der Waals surface area (Å²) < 4.78 is 22.3. The molecular weight excluding hydrogens is 1020 g/mol. The van der Waals surface area contributed by atoms with E-state index in [1.54, 1.807) is 86.3 Å². The van der Waals surface area contributed by atoms with Crippen LogP contribution in [0.3, 0.4) is 0 Å². The van der Waals surface area contributed by atoms with Crippen LogP contribution < -0.4 is 15.4 Å². The number of nitrogens with zero attached hydrogens (tertiary/aromatic N) is 2. The van der Waals surface area contributed by atoms with Gasteiger partial charge in [0.1, 0.15) is 45.9 Å². The summed E-state index contributed by atoms with van der Waals surface area (Å²) in [5.74, 6) is -5.74. The molecule has 1 aliphatic rings. The number of aromatic hydroxyl groups is 1. The fraction of sp³-hybridized carbons (Fsp3) is 0.661. The molecule has 0 radical (unpaired) electrons. The number of hydrogen-bond acceptors (Lipinski definition) is 14. The van der Waals surface area contributed by atoms with Crippen molar-refractivity contribution in [2.75, 3.05) is 26.7 Å². The highest BCUT2D eigenvalue weighted by molar-refractivity contribution is 5.97. The Balaban J connectivity index is 2.13. The quantitative estimate of drug-likeness (QED) is 0.0344. The first-order valence-electron chi connectivity index (χ1n) is 28.7. The molecule has 0 spiro atoms. The van der Waals surface area contributed by atoms with E-state index >= 15 is 4.79 Å². The molecule has 0 aromatic heterocycles. The fourth-order valence-electron chi connectivity index (χ4n) is 9.26. The molecule has 1 aliphatic heterocycles. The Bertz CT molecular complexity index is 2450. The Kier molecular flexibility index (Phi) is 26.8. The smallest absolute Gasteiger partial charge is 0.507 e. The number of fused-ring (bicyclic) bond motifs is 5. The number of phenolic OH excluding ortho intramolecular Hbond substituents is 1. The van der Waals surface area contributed by atoms with Crippen LogP contribution in [0.4, 0.5) is 14.4 Å². The van der Waals surface area contributed by atoms with Gasteiger partial charge in [0, 0.05) is 81.2 Å². The normalized spacial score (nSPS) is 16.7. The number of carbonyl (C=O) groups excluding carboxylic acids is 9. The average molecular weight is 1120 g/mol.